The Hall–Kier alpha value is -1.29. The van der Waals surface area contributed by atoms with Gasteiger partial charge >= 0.3 is 5.97 Å². The summed E-state index contributed by atoms with van der Waals surface area (Å²) in [6.45, 7) is 0. The molecule has 1 aromatic heterocycles. The molecule has 1 aromatic carbocycles. The zero-order valence-electron chi connectivity index (χ0n) is 7.25. The Labute approximate surface area is 88.9 Å². The summed E-state index contributed by atoms with van der Waals surface area (Å²) in [7, 11) is 0. The number of nitrogens with one attached hydrogen (secondary N) is 1. The Kier molecular flexibility index (Phi) is 2.29. The van der Waals surface area contributed by atoms with E-state index in [-0.39, 0.29) is 6.42 Å². The largest absolute Gasteiger partial charge is 0.481 e. The summed E-state index contributed by atoms with van der Waals surface area (Å²) in [6.07, 6.45) is 1.90. The van der Waals surface area contributed by atoms with Gasteiger partial charge in [0.25, 0.3) is 0 Å². The molecule has 0 spiro atoms. The SMILES string of the molecule is O=C(O)Cc1ccc2c(Br)c[nH]c2c1. The summed E-state index contributed by atoms with van der Waals surface area (Å²) in [4.78, 5) is 13.6. The van der Waals surface area contributed by atoms with Crippen molar-refractivity contribution >= 4 is 32.8 Å². The van der Waals surface area contributed by atoms with Gasteiger partial charge in [-0.15, -0.1) is 0 Å². The molecule has 72 valence electrons. The van der Waals surface area contributed by atoms with E-state index in [0.29, 0.717) is 0 Å². The second kappa shape index (κ2) is 3.46. The first-order valence-electron chi connectivity index (χ1n) is 4.14. The summed E-state index contributed by atoms with van der Waals surface area (Å²) >= 11 is 3.39. The first-order valence-corrected chi connectivity index (χ1v) is 4.93. The number of halogens is 1. The average Bonchev–Trinajstić information content (AvgIpc) is 2.46. The molecule has 2 aromatic rings. The Morgan fingerprint density at radius 3 is 3.00 bits per heavy atom. The van der Waals surface area contributed by atoms with Gasteiger partial charge in [-0.05, 0) is 27.6 Å². The molecule has 0 fully saturated rings. The third-order valence-corrected chi connectivity index (χ3v) is 2.71. The maximum absolute atomic E-state index is 10.5. The zero-order valence-corrected chi connectivity index (χ0v) is 8.84. The molecule has 0 amide bonds. The molecule has 0 saturated heterocycles. The van der Waals surface area contributed by atoms with E-state index in [4.69, 9.17) is 5.11 Å². The van der Waals surface area contributed by atoms with Crippen LogP contribution >= 0.6 is 15.9 Å². The standard InChI is InChI=1S/C10H8BrNO2/c11-8-5-12-9-3-6(4-10(13)14)1-2-7(8)9/h1-3,5,12H,4H2,(H,13,14). The molecule has 0 atom stereocenters. The van der Waals surface area contributed by atoms with Crippen molar-refractivity contribution in [1.29, 1.82) is 0 Å². The van der Waals surface area contributed by atoms with Gasteiger partial charge in [0.15, 0.2) is 0 Å². The van der Waals surface area contributed by atoms with Gasteiger partial charge < -0.3 is 10.1 Å². The maximum Gasteiger partial charge on any atom is 0.307 e. The second-order valence-electron chi connectivity index (χ2n) is 3.09. The second-order valence-corrected chi connectivity index (χ2v) is 3.94. The van der Waals surface area contributed by atoms with Crippen LogP contribution in [0.3, 0.4) is 0 Å². The summed E-state index contributed by atoms with van der Waals surface area (Å²) in [5.41, 5.74) is 1.76. The fraction of sp³-hybridized carbons (Fsp3) is 0.100. The van der Waals surface area contributed by atoms with Crippen molar-refractivity contribution in [2.45, 2.75) is 6.42 Å². The number of aromatic amines is 1. The van der Waals surface area contributed by atoms with Gasteiger partial charge in [0, 0.05) is 21.6 Å². The van der Waals surface area contributed by atoms with Crippen LogP contribution in [0.4, 0.5) is 0 Å². The van der Waals surface area contributed by atoms with Gasteiger partial charge in [0.2, 0.25) is 0 Å². The maximum atomic E-state index is 10.5. The summed E-state index contributed by atoms with van der Waals surface area (Å²) in [5, 5.41) is 9.69. The quantitative estimate of drug-likeness (QED) is 0.865. The van der Waals surface area contributed by atoms with Crippen LogP contribution in [0.15, 0.2) is 28.9 Å². The number of carbonyl (C=O) groups is 1. The predicted molar refractivity (Wildman–Crippen MR) is 57.3 cm³/mol. The molecule has 1 heterocycles. The van der Waals surface area contributed by atoms with Crippen molar-refractivity contribution in [3.8, 4) is 0 Å². The highest BCUT2D eigenvalue weighted by Gasteiger charge is 2.04. The number of benzene rings is 1. The molecule has 0 saturated carbocycles. The van der Waals surface area contributed by atoms with E-state index in [0.717, 1.165) is 20.9 Å². The molecule has 14 heavy (non-hydrogen) atoms. The van der Waals surface area contributed by atoms with Crippen LogP contribution < -0.4 is 0 Å². The number of hydrogen-bond donors (Lipinski definition) is 2. The van der Waals surface area contributed by atoms with Gasteiger partial charge in [-0.25, -0.2) is 0 Å². The van der Waals surface area contributed by atoms with Gasteiger partial charge in [-0.3, -0.25) is 4.79 Å². The van der Waals surface area contributed by atoms with Crippen molar-refractivity contribution in [2.24, 2.45) is 0 Å². The highest BCUT2D eigenvalue weighted by atomic mass is 79.9. The van der Waals surface area contributed by atoms with E-state index >= 15 is 0 Å². The predicted octanol–water partition coefficient (Wildman–Crippen LogP) is 2.56. The molecule has 0 unspecified atom stereocenters. The molecule has 0 radical (unpaired) electrons. The van der Waals surface area contributed by atoms with Gasteiger partial charge in [-0.1, -0.05) is 12.1 Å². The molecular formula is C10H8BrNO2. The number of carboxylic acid groups (broad SMARTS) is 1. The molecule has 2 N–H and O–H groups in total. The Bertz CT molecular complexity index is 490. The fourth-order valence-electron chi connectivity index (χ4n) is 1.42. The first kappa shape index (κ1) is 9.27. The minimum atomic E-state index is -0.810. The van der Waals surface area contributed by atoms with Crippen LogP contribution in [0.25, 0.3) is 10.9 Å². The Balaban J connectivity index is 2.46. The van der Waals surface area contributed by atoms with Crippen LogP contribution in [0.5, 0.6) is 0 Å². The molecular weight excluding hydrogens is 246 g/mol. The fourth-order valence-corrected chi connectivity index (χ4v) is 1.88. The average molecular weight is 254 g/mol. The van der Waals surface area contributed by atoms with Crippen LogP contribution in [-0.4, -0.2) is 16.1 Å². The van der Waals surface area contributed by atoms with E-state index in [1.807, 2.05) is 24.4 Å². The van der Waals surface area contributed by atoms with Crippen LogP contribution in [-0.2, 0) is 11.2 Å². The van der Waals surface area contributed by atoms with Crippen LogP contribution in [0.2, 0.25) is 0 Å². The van der Waals surface area contributed by atoms with Crippen LogP contribution in [0.1, 0.15) is 5.56 Å². The van der Waals surface area contributed by atoms with Gasteiger partial charge in [-0.2, -0.15) is 0 Å². The lowest BCUT2D eigenvalue weighted by molar-refractivity contribution is -0.136. The molecule has 0 aliphatic carbocycles. The number of aliphatic carboxylic acids is 1. The van der Waals surface area contributed by atoms with E-state index in [2.05, 4.69) is 20.9 Å². The molecule has 4 heteroatoms. The lowest BCUT2D eigenvalue weighted by Gasteiger charge is -1.97. The highest BCUT2D eigenvalue weighted by Crippen LogP contribution is 2.24. The smallest absolute Gasteiger partial charge is 0.307 e. The van der Waals surface area contributed by atoms with Crippen LogP contribution in [0, 0.1) is 0 Å². The van der Waals surface area contributed by atoms with E-state index in [1.54, 1.807) is 0 Å². The van der Waals surface area contributed by atoms with E-state index < -0.39 is 5.97 Å². The van der Waals surface area contributed by atoms with Gasteiger partial charge in [0.05, 0.1) is 6.42 Å². The Morgan fingerprint density at radius 1 is 1.50 bits per heavy atom. The van der Waals surface area contributed by atoms with Gasteiger partial charge in [0.1, 0.15) is 0 Å². The summed E-state index contributed by atoms with van der Waals surface area (Å²) < 4.78 is 0.995. The number of rotatable bonds is 2. The summed E-state index contributed by atoms with van der Waals surface area (Å²) in [6, 6.07) is 5.59. The van der Waals surface area contributed by atoms with Crippen molar-refractivity contribution in [2.75, 3.05) is 0 Å². The third-order valence-electron chi connectivity index (χ3n) is 2.05. The number of aromatic nitrogens is 1. The third kappa shape index (κ3) is 1.65. The number of carboxylic acids is 1. The topological polar surface area (TPSA) is 53.1 Å². The lowest BCUT2D eigenvalue weighted by atomic mass is 10.1. The van der Waals surface area contributed by atoms with Crippen molar-refractivity contribution in [1.82, 2.24) is 4.98 Å². The molecule has 2 rings (SSSR count). The molecule has 0 aliphatic rings. The number of H-pyrrole nitrogens is 1. The van der Waals surface area contributed by atoms with Crippen molar-refractivity contribution < 1.29 is 9.90 Å². The molecule has 0 aliphatic heterocycles. The normalized spacial score (nSPS) is 10.6. The minimum absolute atomic E-state index is 0.0621. The monoisotopic (exact) mass is 253 g/mol. The first-order chi connectivity index (χ1) is 6.66. The Morgan fingerprint density at radius 2 is 2.29 bits per heavy atom. The zero-order chi connectivity index (χ0) is 10.1. The molecule has 3 nitrogen and oxygen atoms in total. The number of fused-ring (bicyclic) bond motifs is 1. The van der Waals surface area contributed by atoms with E-state index in [9.17, 15) is 4.79 Å². The summed E-state index contributed by atoms with van der Waals surface area (Å²) in [5.74, 6) is -0.810. The van der Waals surface area contributed by atoms with E-state index in [1.165, 1.54) is 0 Å². The van der Waals surface area contributed by atoms with Crippen molar-refractivity contribution in [3.05, 3.63) is 34.4 Å². The van der Waals surface area contributed by atoms with Crippen molar-refractivity contribution in [3.63, 3.8) is 0 Å². The highest BCUT2D eigenvalue weighted by molar-refractivity contribution is 9.10. The minimum Gasteiger partial charge on any atom is -0.481 e. The molecule has 0 bridgehead atoms. The lowest BCUT2D eigenvalue weighted by Crippen LogP contribution is -1.99. The number of hydrogen-bond acceptors (Lipinski definition) is 1.